The van der Waals surface area contributed by atoms with Gasteiger partial charge in [0, 0.05) is 31.3 Å². The van der Waals surface area contributed by atoms with E-state index in [-0.39, 0.29) is 41.9 Å². The number of pyridine rings is 1. The summed E-state index contributed by atoms with van der Waals surface area (Å²) in [6, 6.07) is 2.17. The summed E-state index contributed by atoms with van der Waals surface area (Å²) in [5, 5.41) is 2.83. The van der Waals surface area contributed by atoms with Crippen LogP contribution in [0, 0.1) is 0 Å². The average Bonchev–Trinajstić information content (AvgIpc) is 3.25. The molecular weight excluding hydrogens is 479 g/mol. The third-order valence-electron chi connectivity index (χ3n) is 6.86. The number of oxazole rings is 1. The Morgan fingerprint density at radius 1 is 1.25 bits per heavy atom. The van der Waals surface area contributed by atoms with Gasteiger partial charge >= 0.3 is 6.18 Å². The van der Waals surface area contributed by atoms with E-state index in [1.807, 2.05) is 0 Å². The van der Waals surface area contributed by atoms with Crippen LogP contribution in [0.2, 0.25) is 0 Å². The van der Waals surface area contributed by atoms with Crippen molar-refractivity contribution in [2.75, 3.05) is 20.2 Å². The van der Waals surface area contributed by atoms with Crippen LogP contribution in [0.1, 0.15) is 77.3 Å². The van der Waals surface area contributed by atoms with Crippen molar-refractivity contribution in [1.82, 2.24) is 20.2 Å². The first-order valence-electron chi connectivity index (χ1n) is 11.8. The fourth-order valence-electron chi connectivity index (χ4n) is 4.76. The van der Waals surface area contributed by atoms with Crippen LogP contribution in [0.25, 0.3) is 5.57 Å². The Balaban J connectivity index is 1.44. The van der Waals surface area contributed by atoms with E-state index in [1.165, 1.54) is 13.2 Å². The third kappa shape index (κ3) is 4.28. The summed E-state index contributed by atoms with van der Waals surface area (Å²) in [6.45, 7) is 1.23. The maximum Gasteiger partial charge on any atom is 0.433 e. The molecule has 5 rings (SSSR count). The number of rotatable bonds is 6. The summed E-state index contributed by atoms with van der Waals surface area (Å²) in [5.41, 5.74) is 4.65. The van der Waals surface area contributed by atoms with Crippen molar-refractivity contribution in [1.29, 1.82) is 0 Å². The predicted molar refractivity (Wildman–Crippen MR) is 120 cm³/mol. The van der Waals surface area contributed by atoms with Crippen LogP contribution in [0.4, 0.5) is 13.2 Å². The summed E-state index contributed by atoms with van der Waals surface area (Å²) >= 11 is 0. The molecule has 3 heterocycles. The van der Waals surface area contributed by atoms with Crippen molar-refractivity contribution in [2.24, 2.45) is 5.73 Å². The Morgan fingerprint density at radius 3 is 2.58 bits per heavy atom. The zero-order valence-electron chi connectivity index (χ0n) is 19.7. The highest BCUT2D eigenvalue weighted by Crippen LogP contribution is 2.41. The molecule has 1 aliphatic heterocycles. The van der Waals surface area contributed by atoms with Gasteiger partial charge in [-0.25, -0.2) is 9.97 Å². The number of aromatic nitrogens is 2. The molecule has 9 nitrogen and oxygen atoms in total. The van der Waals surface area contributed by atoms with Gasteiger partial charge in [-0.15, -0.1) is 0 Å². The van der Waals surface area contributed by atoms with E-state index >= 15 is 0 Å². The van der Waals surface area contributed by atoms with Gasteiger partial charge in [-0.2, -0.15) is 13.2 Å². The minimum atomic E-state index is -4.61. The van der Waals surface area contributed by atoms with E-state index in [9.17, 15) is 22.8 Å². The lowest BCUT2D eigenvalue weighted by atomic mass is 9.92. The lowest BCUT2D eigenvalue weighted by Crippen LogP contribution is -2.50. The molecule has 0 aromatic carbocycles. The van der Waals surface area contributed by atoms with Gasteiger partial charge in [0.25, 0.3) is 5.91 Å². The van der Waals surface area contributed by atoms with Crippen LogP contribution in [-0.2, 0) is 22.3 Å². The molecule has 192 valence electrons. The second-order valence-electron chi connectivity index (χ2n) is 9.24. The summed E-state index contributed by atoms with van der Waals surface area (Å²) in [4.78, 5) is 36.0. The normalized spacial score (nSPS) is 20.6. The van der Waals surface area contributed by atoms with Crippen molar-refractivity contribution in [3.63, 3.8) is 0 Å². The number of methoxy groups -OCH3 is 1. The monoisotopic (exact) mass is 505 g/mol. The minimum Gasteiger partial charge on any atom is -0.439 e. The number of amides is 2. The number of ether oxygens (including phenoxy) is 1. The van der Waals surface area contributed by atoms with Crippen LogP contribution in [0.15, 0.2) is 22.6 Å². The largest absolute Gasteiger partial charge is 0.439 e. The number of halogens is 3. The number of carbonyl (C=O) groups is 2. The van der Waals surface area contributed by atoms with Crippen molar-refractivity contribution < 1.29 is 31.9 Å². The van der Waals surface area contributed by atoms with Gasteiger partial charge in [-0.1, -0.05) is 12.1 Å². The predicted octanol–water partition coefficient (Wildman–Crippen LogP) is 2.95. The Labute approximate surface area is 204 Å². The zero-order chi connectivity index (χ0) is 25.7. The third-order valence-corrected chi connectivity index (χ3v) is 6.86. The number of likely N-dealkylation sites (tertiary alicyclic amines) is 1. The van der Waals surface area contributed by atoms with Crippen molar-refractivity contribution in [2.45, 2.75) is 56.5 Å². The van der Waals surface area contributed by atoms with Crippen LogP contribution < -0.4 is 11.1 Å². The number of nitrogens with two attached hydrogens (primary N) is 1. The van der Waals surface area contributed by atoms with Crippen LogP contribution >= 0.6 is 0 Å². The molecule has 2 aromatic heterocycles. The number of hydrogen-bond donors (Lipinski definition) is 2. The lowest BCUT2D eigenvalue weighted by Gasteiger charge is -2.23. The molecule has 0 spiro atoms. The molecule has 12 heteroatoms. The van der Waals surface area contributed by atoms with Gasteiger partial charge in [0.15, 0.2) is 11.5 Å². The van der Waals surface area contributed by atoms with Crippen molar-refractivity contribution in [3.8, 4) is 0 Å². The van der Waals surface area contributed by atoms with Crippen LogP contribution in [0.5, 0.6) is 0 Å². The van der Waals surface area contributed by atoms with Gasteiger partial charge in [0.2, 0.25) is 11.8 Å². The number of nitrogens with zero attached hydrogens (tertiary/aromatic N) is 3. The Kier molecular flexibility index (Phi) is 6.11. The molecule has 0 bridgehead atoms. The Hall–Kier alpha value is -3.25. The molecule has 1 saturated carbocycles. The molecule has 3 aliphatic rings. The second-order valence-corrected chi connectivity index (χ2v) is 9.24. The quantitative estimate of drug-likeness (QED) is 0.619. The summed E-state index contributed by atoms with van der Waals surface area (Å²) < 4.78 is 50.9. The fraction of sp³-hybridized carbons (Fsp3) is 0.500. The van der Waals surface area contributed by atoms with E-state index in [1.54, 1.807) is 11.0 Å². The summed E-state index contributed by atoms with van der Waals surface area (Å²) in [5.74, 6) is -0.517. The summed E-state index contributed by atoms with van der Waals surface area (Å²) in [6.07, 6.45) is -0.355. The van der Waals surface area contributed by atoms with E-state index < -0.39 is 29.4 Å². The first-order valence-corrected chi connectivity index (χ1v) is 11.8. The molecule has 2 aromatic rings. The van der Waals surface area contributed by atoms with Crippen LogP contribution in [0.3, 0.4) is 0 Å². The molecule has 1 atom stereocenters. The van der Waals surface area contributed by atoms with Gasteiger partial charge < -0.3 is 25.1 Å². The molecule has 2 fully saturated rings. The highest BCUT2D eigenvalue weighted by atomic mass is 19.4. The first-order chi connectivity index (χ1) is 17.2. The highest BCUT2D eigenvalue weighted by molar-refractivity contribution is 6.00. The molecule has 0 radical (unpaired) electrons. The SMILES string of the molecule is COC1CC=C(c2nc(C(=O)NC3(C(=O)N4CCCC4)CC3)c(CN)o2)c2ccc(C(F)(F)F)nc21. The lowest BCUT2D eigenvalue weighted by molar-refractivity contribution is -0.141. The maximum atomic E-state index is 13.3. The molecule has 2 aliphatic carbocycles. The molecule has 36 heavy (non-hydrogen) atoms. The highest BCUT2D eigenvalue weighted by Gasteiger charge is 2.53. The maximum absolute atomic E-state index is 13.3. The Morgan fingerprint density at radius 2 is 1.97 bits per heavy atom. The number of nitrogens with one attached hydrogen (secondary N) is 1. The number of hydrogen-bond acceptors (Lipinski definition) is 7. The van der Waals surface area contributed by atoms with E-state index in [0.717, 1.165) is 18.9 Å². The topological polar surface area (TPSA) is 124 Å². The number of carbonyl (C=O) groups excluding carboxylic acids is 2. The van der Waals surface area contributed by atoms with Crippen molar-refractivity contribution >= 4 is 17.4 Å². The molecular formula is C24H26F3N5O4. The Bertz CT molecular complexity index is 1230. The average molecular weight is 505 g/mol. The standard InChI is InChI=1S/C24H26F3N5O4/c1-35-15-6-4-14(13-5-7-17(24(25,26)27)29-18(13)15)21-30-19(16(12-28)36-21)20(33)31-23(8-9-23)22(34)32-10-2-3-11-32/h4-5,7,15H,2-3,6,8-12,28H2,1H3,(H,31,33). The minimum absolute atomic E-state index is 0.0358. The first kappa shape index (κ1) is 24.4. The van der Waals surface area contributed by atoms with Gasteiger partial charge in [0.05, 0.1) is 12.2 Å². The smallest absolute Gasteiger partial charge is 0.433 e. The zero-order valence-corrected chi connectivity index (χ0v) is 19.7. The van der Waals surface area contributed by atoms with Gasteiger partial charge in [0.1, 0.15) is 17.3 Å². The summed E-state index contributed by atoms with van der Waals surface area (Å²) in [7, 11) is 1.40. The second kappa shape index (κ2) is 9.00. The van der Waals surface area contributed by atoms with Gasteiger partial charge in [-0.3, -0.25) is 9.59 Å². The molecule has 2 amide bonds. The molecule has 1 saturated heterocycles. The molecule has 1 unspecified atom stereocenters. The van der Waals surface area contributed by atoms with Crippen LogP contribution in [-0.4, -0.2) is 52.4 Å². The number of fused-ring (bicyclic) bond motifs is 1. The van der Waals surface area contributed by atoms with Gasteiger partial charge in [-0.05, 0) is 38.2 Å². The van der Waals surface area contributed by atoms with E-state index in [4.69, 9.17) is 14.9 Å². The van der Waals surface area contributed by atoms with E-state index in [2.05, 4.69) is 15.3 Å². The molecule has 3 N–H and O–H groups in total. The van der Waals surface area contributed by atoms with Crippen molar-refractivity contribution in [3.05, 3.63) is 52.5 Å². The number of alkyl halides is 3. The fourth-order valence-corrected chi connectivity index (χ4v) is 4.76. The van der Waals surface area contributed by atoms with E-state index in [0.29, 0.717) is 37.1 Å².